The van der Waals surface area contributed by atoms with Crippen LogP contribution in [0.3, 0.4) is 0 Å². The first kappa shape index (κ1) is 17.6. The average Bonchev–Trinajstić information content (AvgIpc) is 3.15. The number of rotatable bonds is 7. The molecular formula is C17H29IN4. The molecule has 0 amide bonds. The lowest BCUT2D eigenvalue weighted by Crippen LogP contribution is -2.41. The molecule has 3 rings (SSSR count). The van der Waals surface area contributed by atoms with Crippen molar-refractivity contribution in [2.24, 2.45) is 16.3 Å². The van der Waals surface area contributed by atoms with Gasteiger partial charge in [-0.2, -0.15) is 0 Å². The lowest BCUT2D eigenvalue weighted by atomic mass is 9.65. The fourth-order valence-corrected chi connectivity index (χ4v) is 3.42. The van der Waals surface area contributed by atoms with Crippen LogP contribution in [0.5, 0.6) is 0 Å². The fourth-order valence-electron chi connectivity index (χ4n) is 3.42. The SMILES string of the molecule is CCNC(=NCC1(C2CC2)CCC1)NCCn1cccc1.I. The lowest BCUT2D eigenvalue weighted by Gasteiger charge is -2.41. The summed E-state index contributed by atoms with van der Waals surface area (Å²) in [6.45, 7) is 5.95. The van der Waals surface area contributed by atoms with E-state index in [4.69, 9.17) is 4.99 Å². The Morgan fingerprint density at radius 2 is 1.95 bits per heavy atom. The smallest absolute Gasteiger partial charge is 0.191 e. The van der Waals surface area contributed by atoms with Crippen molar-refractivity contribution in [3.8, 4) is 0 Å². The summed E-state index contributed by atoms with van der Waals surface area (Å²) in [6.07, 6.45) is 11.3. The molecule has 4 nitrogen and oxygen atoms in total. The van der Waals surface area contributed by atoms with Gasteiger partial charge in [0.15, 0.2) is 5.96 Å². The molecular weight excluding hydrogens is 387 g/mol. The average molecular weight is 416 g/mol. The molecule has 0 aliphatic heterocycles. The highest BCUT2D eigenvalue weighted by Crippen LogP contribution is 2.57. The van der Waals surface area contributed by atoms with Crippen LogP contribution >= 0.6 is 24.0 Å². The Hall–Kier alpha value is -0.720. The topological polar surface area (TPSA) is 41.4 Å². The standard InChI is InChI=1S/C17H28N4.HI/c1-2-18-16(19-10-13-21-11-3-4-12-21)20-14-17(8-5-9-17)15-6-7-15;/h3-4,11-12,15H,2,5-10,13-14H2,1H3,(H2,18,19,20);1H. The first-order valence-corrected chi connectivity index (χ1v) is 8.45. The zero-order valence-corrected chi connectivity index (χ0v) is 15.9. The number of guanidine groups is 1. The summed E-state index contributed by atoms with van der Waals surface area (Å²) in [7, 11) is 0. The van der Waals surface area contributed by atoms with E-state index in [1.165, 1.54) is 32.1 Å². The fraction of sp³-hybridized carbons (Fsp3) is 0.706. The van der Waals surface area contributed by atoms with Crippen LogP contribution in [-0.2, 0) is 6.54 Å². The molecule has 2 N–H and O–H groups in total. The largest absolute Gasteiger partial charge is 0.357 e. The minimum Gasteiger partial charge on any atom is -0.357 e. The molecule has 0 radical (unpaired) electrons. The molecule has 124 valence electrons. The van der Waals surface area contributed by atoms with E-state index >= 15 is 0 Å². The lowest BCUT2D eigenvalue weighted by molar-refractivity contribution is 0.113. The van der Waals surface area contributed by atoms with Crippen molar-refractivity contribution in [2.45, 2.75) is 45.6 Å². The van der Waals surface area contributed by atoms with Gasteiger partial charge in [0, 0.05) is 38.6 Å². The van der Waals surface area contributed by atoms with Crippen LogP contribution in [0.1, 0.15) is 39.0 Å². The normalized spacial score (nSPS) is 20.0. The third-order valence-corrected chi connectivity index (χ3v) is 5.02. The van der Waals surface area contributed by atoms with Crippen LogP contribution < -0.4 is 10.6 Å². The van der Waals surface area contributed by atoms with Gasteiger partial charge in [-0.3, -0.25) is 4.99 Å². The predicted molar refractivity (Wildman–Crippen MR) is 103 cm³/mol. The van der Waals surface area contributed by atoms with E-state index in [1.807, 2.05) is 0 Å². The van der Waals surface area contributed by atoms with Crippen LogP contribution in [-0.4, -0.2) is 30.2 Å². The molecule has 0 spiro atoms. The molecule has 2 saturated carbocycles. The van der Waals surface area contributed by atoms with Crippen molar-refractivity contribution in [3.05, 3.63) is 24.5 Å². The summed E-state index contributed by atoms with van der Waals surface area (Å²) in [5, 5.41) is 6.83. The van der Waals surface area contributed by atoms with Crippen LogP contribution in [0.25, 0.3) is 0 Å². The number of nitrogens with one attached hydrogen (secondary N) is 2. The van der Waals surface area contributed by atoms with E-state index < -0.39 is 0 Å². The first-order valence-electron chi connectivity index (χ1n) is 8.45. The molecule has 5 heteroatoms. The van der Waals surface area contributed by atoms with Crippen molar-refractivity contribution < 1.29 is 0 Å². The Labute approximate surface area is 151 Å². The van der Waals surface area contributed by atoms with E-state index in [0.29, 0.717) is 5.41 Å². The highest BCUT2D eigenvalue weighted by molar-refractivity contribution is 14.0. The van der Waals surface area contributed by atoms with Crippen LogP contribution in [0.4, 0.5) is 0 Å². The van der Waals surface area contributed by atoms with Crippen molar-refractivity contribution >= 4 is 29.9 Å². The number of hydrogen-bond donors (Lipinski definition) is 2. The molecule has 0 atom stereocenters. The summed E-state index contributed by atoms with van der Waals surface area (Å²) in [4.78, 5) is 4.87. The number of aliphatic imine (C=N–C) groups is 1. The zero-order valence-electron chi connectivity index (χ0n) is 13.6. The molecule has 2 fully saturated rings. The van der Waals surface area contributed by atoms with E-state index in [2.05, 4.69) is 46.7 Å². The van der Waals surface area contributed by atoms with Gasteiger partial charge in [-0.15, -0.1) is 24.0 Å². The van der Waals surface area contributed by atoms with Gasteiger partial charge >= 0.3 is 0 Å². The Bertz CT molecular complexity index is 461. The van der Waals surface area contributed by atoms with Crippen LogP contribution in [0.15, 0.2) is 29.5 Å². The van der Waals surface area contributed by atoms with Gasteiger partial charge in [0.2, 0.25) is 0 Å². The van der Waals surface area contributed by atoms with Gasteiger partial charge in [-0.05, 0) is 56.1 Å². The molecule has 1 aromatic rings. The molecule has 1 heterocycles. The minimum atomic E-state index is 0. The Morgan fingerprint density at radius 3 is 2.50 bits per heavy atom. The number of aromatic nitrogens is 1. The third-order valence-electron chi connectivity index (χ3n) is 5.02. The molecule has 2 aliphatic carbocycles. The highest BCUT2D eigenvalue weighted by Gasteiger charge is 2.48. The maximum Gasteiger partial charge on any atom is 0.191 e. The van der Waals surface area contributed by atoms with Crippen LogP contribution in [0, 0.1) is 11.3 Å². The quantitative estimate of drug-likeness (QED) is 0.407. The number of nitrogens with zero attached hydrogens (tertiary/aromatic N) is 2. The Balaban J connectivity index is 0.00000176. The third kappa shape index (κ3) is 4.40. The van der Waals surface area contributed by atoms with Gasteiger partial charge < -0.3 is 15.2 Å². The second-order valence-electron chi connectivity index (χ2n) is 6.53. The highest BCUT2D eigenvalue weighted by atomic mass is 127. The van der Waals surface area contributed by atoms with Gasteiger partial charge in [0.1, 0.15) is 0 Å². The number of halogens is 1. The second kappa shape index (κ2) is 8.22. The van der Waals surface area contributed by atoms with Gasteiger partial charge in [-0.25, -0.2) is 0 Å². The predicted octanol–water partition coefficient (Wildman–Crippen LogP) is 3.24. The van der Waals surface area contributed by atoms with Crippen LogP contribution in [0.2, 0.25) is 0 Å². The summed E-state index contributed by atoms with van der Waals surface area (Å²) < 4.78 is 2.19. The molecule has 0 saturated heterocycles. The zero-order chi connectivity index (χ0) is 14.5. The molecule has 0 aromatic carbocycles. The second-order valence-corrected chi connectivity index (χ2v) is 6.53. The minimum absolute atomic E-state index is 0. The number of hydrogen-bond acceptors (Lipinski definition) is 1. The summed E-state index contributed by atoms with van der Waals surface area (Å²) in [5.41, 5.74) is 0.558. The first-order chi connectivity index (χ1) is 10.3. The van der Waals surface area contributed by atoms with Gasteiger partial charge in [-0.1, -0.05) is 6.42 Å². The summed E-state index contributed by atoms with van der Waals surface area (Å²) >= 11 is 0. The van der Waals surface area contributed by atoms with E-state index in [1.54, 1.807) is 0 Å². The van der Waals surface area contributed by atoms with Crippen molar-refractivity contribution in [1.29, 1.82) is 0 Å². The summed E-state index contributed by atoms with van der Waals surface area (Å²) in [5.74, 6) is 1.95. The molecule has 22 heavy (non-hydrogen) atoms. The maximum atomic E-state index is 4.87. The Morgan fingerprint density at radius 1 is 1.23 bits per heavy atom. The summed E-state index contributed by atoms with van der Waals surface area (Å²) in [6, 6.07) is 4.13. The maximum absolute atomic E-state index is 4.87. The van der Waals surface area contributed by atoms with E-state index in [-0.39, 0.29) is 24.0 Å². The van der Waals surface area contributed by atoms with Crippen molar-refractivity contribution in [1.82, 2.24) is 15.2 Å². The van der Waals surface area contributed by atoms with Crippen molar-refractivity contribution in [3.63, 3.8) is 0 Å². The molecule has 1 aromatic heterocycles. The van der Waals surface area contributed by atoms with Crippen molar-refractivity contribution in [2.75, 3.05) is 19.6 Å². The molecule has 2 aliphatic rings. The Kier molecular flexibility index (Phi) is 6.59. The molecule has 0 bridgehead atoms. The van der Waals surface area contributed by atoms with Gasteiger partial charge in [0.25, 0.3) is 0 Å². The van der Waals surface area contributed by atoms with E-state index in [9.17, 15) is 0 Å². The monoisotopic (exact) mass is 416 g/mol. The van der Waals surface area contributed by atoms with Gasteiger partial charge in [0.05, 0.1) is 0 Å². The van der Waals surface area contributed by atoms with E-state index in [0.717, 1.165) is 38.1 Å². The molecule has 0 unspecified atom stereocenters.